The molecular weight excluding hydrogens is 458 g/mol. The average Bonchev–Trinajstić information content (AvgIpc) is 3.32. The van der Waals surface area contributed by atoms with Gasteiger partial charge in [-0.1, -0.05) is 42.1 Å². The van der Waals surface area contributed by atoms with Crippen molar-refractivity contribution in [1.82, 2.24) is 23.9 Å². The molecule has 8 heteroatoms. The zero-order chi connectivity index (χ0) is 23.6. The summed E-state index contributed by atoms with van der Waals surface area (Å²) in [4.78, 5) is 27.2. The summed E-state index contributed by atoms with van der Waals surface area (Å²) in [6, 6.07) is 26.3. The van der Waals surface area contributed by atoms with Crippen LogP contribution in [0.1, 0.15) is 5.69 Å². The first-order valence-electron chi connectivity index (χ1n) is 11.0. The minimum absolute atomic E-state index is 0.119. The number of imidazole rings is 1. The smallest absolute Gasteiger partial charge is 0.266 e. The van der Waals surface area contributed by atoms with E-state index in [1.54, 1.807) is 16.8 Å². The van der Waals surface area contributed by atoms with Crippen LogP contribution in [0.5, 0.6) is 11.5 Å². The summed E-state index contributed by atoms with van der Waals surface area (Å²) in [7, 11) is 0. The Labute approximate surface area is 204 Å². The van der Waals surface area contributed by atoms with Gasteiger partial charge in [0.2, 0.25) is 5.78 Å². The molecule has 0 saturated carbocycles. The minimum atomic E-state index is -0.119. The summed E-state index contributed by atoms with van der Waals surface area (Å²) in [6.45, 7) is 0. The van der Waals surface area contributed by atoms with Crippen molar-refractivity contribution in [2.75, 3.05) is 0 Å². The molecular formula is C27H19N5O2S. The fourth-order valence-corrected chi connectivity index (χ4v) is 4.71. The predicted molar refractivity (Wildman–Crippen MR) is 136 cm³/mol. The lowest BCUT2D eigenvalue weighted by molar-refractivity contribution is 0.482. The molecule has 6 aromatic rings. The molecule has 0 aliphatic rings. The Morgan fingerprint density at radius 1 is 0.829 bits per heavy atom. The van der Waals surface area contributed by atoms with Crippen molar-refractivity contribution in [2.45, 2.75) is 10.9 Å². The molecule has 3 aromatic heterocycles. The molecule has 35 heavy (non-hydrogen) atoms. The molecule has 0 N–H and O–H groups in total. The number of thioether (sulfide) groups is 1. The van der Waals surface area contributed by atoms with E-state index in [-0.39, 0.29) is 5.56 Å². The van der Waals surface area contributed by atoms with Crippen LogP contribution in [0.25, 0.3) is 22.4 Å². The Morgan fingerprint density at radius 2 is 1.60 bits per heavy atom. The molecule has 7 nitrogen and oxygen atoms in total. The molecule has 0 aliphatic carbocycles. The van der Waals surface area contributed by atoms with Gasteiger partial charge in [0.05, 0.1) is 22.3 Å². The van der Waals surface area contributed by atoms with Crippen molar-refractivity contribution in [3.05, 3.63) is 120 Å². The third kappa shape index (κ3) is 4.27. The molecule has 0 aliphatic heterocycles. The van der Waals surface area contributed by atoms with E-state index in [4.69, 9.17) is 9.72 Å². The van der Waals surface area contributed by atoms with Crippen LogP contribution in [0, 0.1) is 0 Å². The molecule has 0 unspecified atom stereocenters. The molecule has 0 bridgehead atoms. The fraction of sp³-hybridized carbons (Fsp3) is 0.0370. The third-order valence-electron chi connectivity index (χ3n) is 5.45. The van der Waals surface area contributed by atoms with E-state index < -0.39 is 0 Å². The van der Waals surface area contributed by atoms with Gasteiger partial charge < -0.3 is 4.74 Å². The van der Waals surface area contributed by atoms with Gasteiger partial charge in [0.25, 0.3) is 5.56 Å². The maximum atomic E-state index is 13.5. The molecule has 3 heterocycles. The second-order valence-corrected chi connectivity index (χ2v) is 8.75. The Morgan fingerprint density at radius 3 is 2.43 bits per heavy atom. The van der Waals surface area contributed by atoms with E-state index in [0.717, 1.165) is 11.4 Å². The van der Waals surface area contributed by atoms with Gasteiger partial charge in [0, 0.05) is 24.3 Å². The maximum Gasteiger partial charge on any atom is 0.266 e. The SMILES string of the molecule is O=c1c2ccccc2nc(SCc2cn3cccnc3n2)n1-c1ccc(Oc2ccccc2)cc1. The van der Waals surface area contributed by atoms with E-state index in [1.807, 2.05) is 95.7 Å². The van der Waals surface area contributed by atoms with E-state index in [2.05, 4.69) is 9.97 Å². The first-order valence-corrected chi connectivity index (χ1v) is 12.0. The molecule has 3 aromatic carbocycles. The van der Waals surface area contributed by atoms with Crippen LogP contribution in [0.15, 0.2) is 113 Å². The molecule has 0 radical (unpaired) electrons. The van der Waals surface area contributed by atoms with E-state index in [1.165, 1.54) is 11.8 Å². The van der Waals surface area contributed by atoms with Crippen molar-refractivity contribution in [2.24, 2.45) is 0 Å². The molecule has 0 atom stereocenters. The molecule has 0 spiro atoms. The lowest BCUT2D eigenvalue weighted by Gasteiger charge is -2.13. The van der Waals surface area contributed by atoms with Gasteiger partial charge in [0.1, 0.15) is 11.5 Å². The van der Waals surface area contributed by atoms with Crippen molar-refractivity contribution in [3.63, 3.8) is 0 Å². The number of fused-ring (bicyclic) bond motifs is 2. The second kappa shape index (κ2) is 9.08. The Balaban J connectivity index is 1.36. The van der Waals surface area contributed by atoms with Gasteiger partial charge in [-0.3, -0.25) is 13.8 Å². The van der Waals surface area contributed by atoms with Gasteiger partial charge in [-0.25, -0.2) is 15.0 Å². The summed E-state index contributed by atoms with van der Waals surface area (Å²) in [5.74, 6) is 2.63. The second-order valence-electron chi connectivity index (χ2n) is 7.81. The van der Waals surface area contributed by atoms with Crippen LogP contribution in [0.3, 0.4) is 0 Å². The molecule has 0 fully saturated rings. The molecule has 6 rings (SSSR count). The van der Waals surface area contributed by atoms with E-state index in [9.17, 15) is 4.79 Å². The quantitative estimate of drug-likeness (QED) is 0.233. The lowest BCUT2D eigenvalue weighted by Crippen LogP contribution is -2.21. The first kappa shape index (κ1) is 21.1. The minimum Gasteiger partial charge on any atom is -0.457 e. The number of nitrogens with zero attached hydrogens (tertiary/aromatic N) is 5. The zero-order valence-corrected chi connectivity index (χ0v) is 19.3. The maximum absolute atomic E-state index is 13.5. The number of aromatic nitrogens is 5. The number of hydrogen-bond acceptors (Lipinski definition) is 6. The Bertz CT molecular complexity index is 1660. The van der Waals surface area contributed by atoms with Crippen LogP contribution in [0.2, 0.25) is 0 Å². The number of benzene rings is 3. The van der Waals surface area contributed by atoms with Crippen molar-refractivity contribution >= 4 is 28.4 Å². The number of ether oxygens (including phenoxy) is 1. The summed E-state index contributed by atoms with van der Waals surface area (Å²) in [6.07, 6.45) is 5.56. The van der Waals surface area contributed by atoms with Crippen LogP contribution < -0.4 is 10.3 Å². The van der Waals surface area contributed by atoms with Gasteiger partial charge in [0.15, 0.2) is 5.16 Å². The standard InChI is InChI=1S/C27H19N5O2S/c33-25-23-9-4-5-10-24(23)30-27(35-18-19-17-31-16-6-15-28-26(31)29-19)32(25)20-11-13-22(14-12-20)34-21-7-2-1-3-8-21/h1-17H,18H2. The number of hydrogen-bond donors (Lipinski definition) is 0. The number of rotatable bonds is 6. The van der Waals surface area contributed by atoms with Gasteiger partial charge in [-0.05, 0) is 54.6 Å². The van der Waals surface area contributed by atoms with E-state index >= 15 is 0 Å². The summed E-state index contributed by atoms with van der Waals surface area (Å²) in [5, 5.41) is 1.16. The zero-order valence-electron chi connectivity index (χ0n) is 18.5. The van der Waals surface area contributed by atoms with Crippen LogP contribution in [-0.4, -0.2) is 23.9 Å². The monoisotopic (exact) mass is 477 g/mol. The third-order valence-corrected chi connectivity index (χ3v) is 6.43. The summed E-state index contributed by atoms with van der Waals surface area (Å²) in [5.41, 5.74) is 2.12. The largest absolute Gasteiger partial charge is 0.457 e. The highest BCUT2D eigenvalue weighted by molar-refractivity contribution is 7.98. The summed E-state index contributed by atoms with van der Waals surface area (Å²) < 4.78 is 9.43. The van der Waals surface area contributed by atoms with Crippen molar-refractivity contribution in [1.29, 1.82) is 0 Å². The molecule has 0 amide bonds. The predicted octanol–water partition coefficient (Wildman–Crippen LogP) is 5.51. The van der Waals surface area contributed by atoms with Crippen molar-refractivity contribution in [3.8, 4) is 17.2 Å². The van der Waals surface area contributed by atoms with Crippen molar-refractivity contribution < 1.29 is 4.74 Å². The van der Waals surface area contributed by atoms with Crippen LogP contribution in [-0.2, 0) is 5.75 Å². The summed E-state index contributed by atoms with van der Waals surface area (Å²) >= 11 is 1.46. The number of para-hydroxylation sites is 2. The Hall–Kier alpha value is -4.43. The van der Waals surface area contributed by atoms with E-state index in [0.29, 0.717) is 39.0 Å². The van der Waals surface area contributed by atoms with Crippen LogP contribution in [0.4, 0.5) is 0 Å². The average molecular weight is 478 g/mol. The topological polar surface area (TPSA) is 74.3 Å². The first-order chi connectivity index (χ1) is 17.2. The van der Waals surface area contributed by atoms with Gasteiger partial charge >= 0.3 is 0 Å². The highest BCUT2D eigenvalue weighted by Gasteiger charge is 2.15. The highest BCUT2D eigenvalue weighted by atomic mass is 32.2. The Kier molecular flexibility index (Phi) is 5.48. The molecule has 0 saturated heterocycles. The lowest BCUT2D eigenvalue weighted by atomic mass is 10.2. The van der Waals surface area contributed by atoms with Crippen LogP contribution >= 0.6 is 11.8 Å². The van der Waals surface area contributed by atoms with Gasteiger partial charge in [-0.15, -0.1) is 0 Å². The molecule has 170 valence electrons. The highest BCUT2D eigenvalue weighted by Crippen LogP contribution is 2.27. The van der Waals surface area contributed by atoms with Gasteiger partial charge in [-0.2, -0.15) is 0 Å². The normalized spacial score (nSPS) is 11.2. The fourth-order valence-electron chi connectivity index (χ4n) is 3.81.